The van der Waals surface area contributed by atoms with E-state index in [1.54, 1.807) is 6.92 Å². The average Bonchev–Trinajstić information content (AvgIpc) is 3.02. The number of aromatic amines is 2. The van der Waals surface area contributed by atoms with Crippen LogP contribution >= 0.6 is 0 Å². The van der Waals surface area contributed by atoms with Gasteiger partial charge in [0.25, 0.3) is 5.56 Å². The molecule has 3 unspecified atom stereocenters. The molecular weight excluding hydrogens is 354 g/mol. The molecule has 0 fully saturated rings. The van der Waals surface area contributed by atoms with E-state index in [1.165, 1.54) is 0 Å². The predicted octanol–water partition coefficient (Wildman–Crippen LogP) is 2.71. The number of hydrogen-bond acceptors (Lipinski definition) is 3. The fraction of sp³-hybridized carbons (Fsp3) is 0.273. The van der Waals surface area contributed by atoms with E-state index in [4.69, 9.17) is 0 Å². The molecule has 1 aromatic heterocycles. The highest BCUT2D eigenvalue weighted by Gasteiger charge is 2.50. The zero-order valence-corrected chi connectivity index (χ0v) is 15.8. The van der Waals surface area contributed by atoms with Crippen molar-refractivity contribution >= 4 is 11.6 Å². The molecule has 3 atom stereocenters. The van der Waals surface area contributed by atoms with Crippen molar-refractivity contribution in [3.05, 3.63) is 87.3 Å². The summed E-state index contributed by atoms with van der Waals surface area (Å²) in [7, 11) is 0. The van der Waals surface area contributed by atoms with Crippen molar-refractivity contribution < 1.29 is 9.90 Å². The van der Waals surface area contributed by atoms with E-state index in [-0.39, 0.29) is 17.9 Å². The van der Waals surface area contributed by atoms with Crippen LogP contribution in [-0.4, -0.2) is 26.8 Å². The predicted molar refractivity (Wildman–Crippen MR) is 107 cm³/mol. The molecule has 4 rings (SSSR count). The second-order valence-corrected chi connectivity index (χ2v) is 7.68. The Hall–Kier alpha value is -3.12. The minimum Gasteiger partial charge on any atom is -0.389 e. The van der Waals surface area contributed by atoms with E-state index in [0.717, 1.165) is 11.1 Å². The molecule has 4 N–H and O–H groups in total. The fourth-order valence-corrected chi connectivity index (χ4v) is 4.24. The van der Waals surface area contributed by atoms with E-state index in [1.807, 2.05) is 61.5 Å². The quantitative estimate of drug-likeness (QED) is 0.565. The highest BCUT2D eigenvalue weighted by molar-refractivity contribution is 5.95. The maximum atomic E-state index is 13.4. The largest absolute Gasteiger partial charge is 0.389 e. The van der Waals surface area contributed by atoms with Gasteiger partial charge in [-0.15, -0.1) is 0 Å². The molecule has 6 heteroatoms. The number of carbonyl (C=O) groups is 1. The topological polar surface area (TPSA) is 98.0 Å². The molecule has 0 bridgehead atoms. The molecule has 3 aromatic rings. The van der Waals surface area contributed by atoms with Crippen LogP contribution in [0.25, 0.3) is 0 Å². The van der Waals surface area contributed by atoms with Crippen molar-refractivity contribution in [3.8, 4) is 0 Å². The summed E-state index contributed by atoms with van der Waals surface area (Å²) >= 11 is 0. The average molecular weight is 377 g/mol. The number of nitrogens with one attached hydrogen (secondary N) is 3. The number of H-pyrrole nitrogens is 2. The van der Waals surface area contributed by atoms with Crippen LogP contribution in [0.4, 0.5) is 5.69 Å². The summed E-state index contributed by atoms with van der Waals surface area (Å²) in [4.78, 5) is 25.9. The van der Waals surface area contributed by atoms with Crippen molar-refractivity contribution in [1.29, 1.82) is 0 Å². The minimum absolute atomic E-state index is 0.191. The van der Waals surface area contributed by atoms with Gasteiger partial charge in [0.1, 0.15) is 0 Å². The van der Waals surface area contributed by atoms with Gasteiger partial charge in [0.15, 0.2) is 0 Å². The molecular formula is C22H23N3O3. The Morgan fingerprint density at radius 1 is 1.11 bits per heavy atom. The van der Waals surface area contributed by atoms with Crippen molar-refractivity contribution in [2.45, 2.75) is 31.8 Å². The first kappa shape index (κ1) is 18.3. The highest BCUT2D eigenvalue weighted by atomic mass is 16.3. The van der Waals surface area contributed by atoms with Gasteiger partial charge >= 0.3 is 0 Å². The molecule has 0 spiro atoms. The summed E-state index contributed by atoms with van der Waals surface area (Å²) in [6.07, 6.45) is 0.191. The standard InChI is InChI=1S/C22H23N3O3/c1-13-8-6-7-11-15(13)23-21(27)19-17(14-9-4-3-5-10-14)18-16(12-22(19,2)28)24-25-20(18)26/h3-11,17,19,28H,12H2,1-2H3,(H,23,27)(H2,24,25,26). The van der Waals surface area contributed by atoms with E-state index < -0.39 is 17.4 Å². The molecule has 1 heterocycles. The Morgan fingerprint density at radius 2 is 1.79 bits per heavy atom. The summed E-state index contributed by atoms with van der Waals surface area (Å²) in [5.41, 5.74) is 2.02. The van der Waals surface area contributed by atoms with Crippen molar-refractivity contribution in [1.82, 2.24) is 10.2 Å². The molecule has 0 saturated heterocycles. The SMILES string of the molecule is Cc1ccccc1NC(=O)C1C(c2ccccc2)c2c([nH][nH]c2=O)CC1(C)O. The van der Waals surface area contributed by atoms with Crippen LogP contribution in [-0.2, 0) is 11.2 Å². The summed E-state index contributed by atoms with van der Waals surface area (Å²) in [6.45, 7) is 3.57. The first-order valence-corrected chi connectivity index (χ1v) is 9.32. The number of carbonyl (C=O) groups excluding carboxylic acids is 1. The highest BCUT2D eigenvalue weighted by Crippen LogP contribution is 2.44. The molecule has 0 saturated carbocycles. The summed E-state index contributed by atoms with van der Waals surface area (Å²) in [5.74, 6) is -1.68. The molecule has 1 aliphatic rings. The van der Waals surface area contributed by atoms with Crippen molar-refractivity contribution in [2.24, 2.45) is 5.92 Å². The fourth-order valence-electron chi connectivity index (χ4n) is 4.24. The van der Waals surface area contributed by atoms with Crippen LogP contribution in [0.15, 0.2) is 59.4 Å². The second-order valence-electron chi connectivity index (χ2n) is 7.68. The molecule has 144 valence electrons. The normalized spacial score (nSPS) is 23.8. The monoisotopic (exact) mass is 377 g/mol. The minimum atomic E-state index is -1.33. The lowest BCUT2D eigenvalue weighted by Crippen LogP contribution is -2.51. The smallest absolute Gasteiger partial charge is 0.267 e. The lowest BCUT2D eigenvalue weighted by Gasteiger charge is -2.41. The van der Waals surface area contributed by atoms with E-state index in [9.17, 15) is 14.7 Å². The van der Waals surface area contributed by atoms with Gasteiger partial charge in [0.2, 0.25) is 5.91 Å². The van der Waals surface area contributed by atoms with Gasteiger partial charge in [-0.05, 0) is 31.0 Å². The van der Waals surface area contributed by atoms with Crippen LogP contribution in [0.1, 0.15) is 35.2 Å². The third-order valence-corrected chi connectivity index (χ3v) is 5.59. The Labute approximate surface area is 162 Å². The van der Waals surface area contributed by atoms with Crippen LogP contribution in [0.5, 0.6) is 0 Å². The Bertz CT molecular complexity index is 1070. The third kappa shape index (κ3) is 3.05. The van der Waals surface area contributed by atoms with Crippen LogP contribution < -0.4 is 10.9 Å². The lowest BCUT2D eigenvalue weighted by atomic mass is 9.66. The number of anilines is 1. The zero-order valence-electron chi connectivity index (χ0n) is 15.8. The lowest BCUT2D eigenvalue weighted by molar-refractivity contribution is -0.130. The van der Waals surface area contributed by atoms with E-state index in [2.05, 4.69) is 15.5 Å². The number of fused-ring (bicyclic) bond motifs is 1. The zero-order chi connectivity index (χ0) is 19.9. The second kappa shape index (κ2) is 6.80. The van der Waals surface area contributed by atoms with Gasteiger partial charge in [-0.2, -0.15) is 0 Å². The summed E-state index contributed by atoms with van der Waals surface area (Å²) in [6, 6.07) is 16.9. The van der Waals surface area contributed by atoms with Gasteiger partial charge in [0, 0.05) is 29.3 Å². The van der Waals surface area contributed by atoms with Crippen LogP contribution in [0, 0.1) is 12.8 Å². The molecule has 1 amide bonds. The Kier molecular flexibility index (Phi) is 4.43. The summed E-state index contributed by atoms with van der Waals surface area (Å²) < 4.78 is 0. The number of amides is 1. The number of aryl methyl sites for hydroxylation is 1. The molecule has 0 radical (unpaired) electrons. The molecule has 1 aliphatic carbocycles. The Morgan fingerprint density at radius 3 is 2.50 bits per heavy atom. The molecule has 0 aliphatic heterocycles. The number of aliphatic hydroxyl groups is 1. The van der Waals surface area contributed by atoms with Gasteiger partial charge in [0.05, 0.1) is 11.5 Å². The maximum absolute atomic E-state index is 13.4. The van der Waals surface area contributed by atoms with Crippen molar-refractivity contribution in [3.63, 3.8) is 0 Å². The number of aromatic nitrogens is 2. The number of para-hydroxylation sites is 1. The number of hydrogen-bond donors (Lipinski definition) is 4. The van der Waals surface area contributed by atoms with Gasteiger partial charge < -0.3 is 15.5 Å². The molecule has 2 aromatic carbocycles. The van der Waals surface area contributed by atoms with Gasteiger partial charge in [-0.3, -0.25) is 14.7 Å². The van der Waals surface area contributed by atoms with Gasteiger partial charge in [-0.25, -0.2) is 0 Å². The molecule has 6 nitrogen and oxygen atoms in total. The van der Waals surface area contributed by atoms with Crippen molar-refractivity contribution in [2.75, 3.05) is 5.32 Å². The van der Waals surface area contributed by atoms with E-state index >= 15 is 0 Å². The first-order chi connectivity index (χ1) is 13.4. The number of rotatable bonds is 3. The van der Waals surface area contributed by atoms with Crippen LogP contribution in [0.2, 0.25) is 0 Å². The first-order valence-electron chi connectivity index (χ1n) is 9.32. The summed E-state index contributed by atoms with van der Waals surface area (Å²) in [5, 5.41) is 19.7. The van der Waals surface area contributed by atoms with Gasteiger partial charge in [-0.1, -0.05) is 48.5 Å². The third-order valence-electron chi connectivity index (χ3n) is 5.59. The molecule has 28 heavy (non-hydrogen) atoms. The van der Waals surface area contributed by atoms with Crippen LogP contribution in [0.3, 0.4) is 0 Å². The maximum Gasteiger partial charge on any atom is 0.267 e. The van der Waals surface area contributed by atoms with E-state index in [0.29, 0.717) is 16.9 Å². The Balaban J connectivity index is 1.83. The number of benzene rings is 2.